The zero-order valence-electron chi connectivity index (χ0n) is 17.6. The smallest absolute Gasteiger partial charge is 0.190 e. The Bertz CT molecular complexity index is 1230. The Hall–Kier alpha value is -3.57. The predicted octanol–water partition coefficient (Wildman–Crippen LogP) is 1.65. The minimum atomic E-state index is -1.07. The van der Waals surface area contributed by atoms with Crippen molar-refractivity contribution in [2.45, 2.75) is 31.3 Å². The van der Waals surface area contributed by atoms with Gasteiger partial charge in [-0.15, -0.1) is 5.10 Å². The lowest BCUT2D eigenvalue weighted by molar-refractivity contribution is -0.121. The molecular weight excluding hydrogens is 430 g/mol. The average molecular weight is 452 g/mol. The van der Waals surface area contributed by atoms with E-state index in [-0.39, 0.29) is 29.2 Å². The summed E-state index contributed by atoms with van der Waals surface area (Å²) in [6, 6.07) is 4.98. The molecule has 3 aromatic rings. The maximum atomic E-state index is 14.4. The highest BCUT2D eigenvalue weighted by Gasteiger charge is 2.29. The zero-order chi connectivity index (χ0) is 22.9. The number of hydrogen-bond acceptors (Lipinski definition) is 8. The van der Waals surface area contributed by atoms with Crippen molar-refractivity contribution < 1.29 is 13.6 Å². The number of ketones is 1. The fourth-order valence-corrected chi connectivity index (χ4v) is 4.28. The predicted molar refractivity (Wildman–Crippen MR) is 117 cm³/mol. The van der Waals surface area contributed by atoms with Crippen molar-refractivity contribution in [3.8, 4) is 17.1 Å². The summed E-state index contributed by atoms with van der Waals surface area (Å²) in [4.78, 5) is 17.1. The SMILES string of the molecule is Nc1ncc(C2=CC(C(=O)[C@@H]3CCCN3)NCC2)cc1-c1nnnn1-c1cccc(F)c1F. The van der Waals surface area contributed by atoms with Gasteiger partial charge in [0.15, 0.2) is 23.2 Å². The van der Waals surface area contributed by atoms with Crippen LogP contribution in [0.3, 0.4) is 0 Å². The van der Waals surface area contributed by atoms with Crippen molar-refractivity contribution in [1.82, 2.24) is 35.8 Å². The van der Waals surface area contributed by atoms with Crippen LogP contribution < -0.4 is 16.4 Å². The van der Waals surface area contributed by atoms with E-state index >= 15 is 0 Å². The molecule has 0 saturated carbocycles. The van der Waals surface area contributed by atoms with Gasteiger partial charge in [0.05, 0.1) is 17.6 Å². The van der Waals surface area contributed by atoms with Gasteiger partial charge < -0.3 is 16.4 Å². The van der Waals surface area contributed by atoms with Crippen LogP contribution in [0.1, 0.15) is 24.8 Å². The molecule has 2 aromatic heterocycles. The molecule has 0 bridgehead atoms. The molecule has 5 rings (SSSR count). The number of Topliss-reactive ketones (excluding diaryl/α,β-unsaturated/α-hetero) is 1. The number of carbonyl (C=O) groups excluding carboxylic acids is 1. The molecule has 0 amide bonds. The number of hydrogen-bond donors (Lipinski definition) is 3. The number of nitrogens with two attached hydrogens (primary N) is 1. The van der Waals surface area contributed by atoms with Crippen LogP contribution in [0.4, 0.5) is 14.6 Å². The number of anilines is 1. The molecule has 2 atom stereocenters. The van der Waals surface area contributed by atoms with Crippen molar-refractivity contribution in [2.75, 3.05) is 18.8 Å². The number of tetrazole rings is 1. The molecule has 11 heteroatoms. The van der Waals surface area contributed by atoms with Gasteiger partial charge in [0.25, 0.3) is 0 Å². The molecule has 33 heavy (non-hydrogen) atoms. The van der Waals surface area contributed by atoms with E-state index in [0.29, 0.717) is 18.5 Å². The Balaban J connectivity index is 1.51. The second-order valence-electron chi connectivity index (χ2n) is 8.07. The number of nitrogens with one attached hydrogen (secondary N) is 2. The summed E-state index contributed by atoms with van der Waals surface area (Å²) in [7, 11) is 0. The molecule has 0 aliphatic carbocycles. The fraction of sp³-hybridized carbons (Fsp3) is 0.318. The molecule has 0 spiro atoms. The van der Waals surface area contributed by atoms with Gasteiger partial charge in [0.2, 0.25) is 0 Å². The third-order valence-corrected chi connectivity index (χ3v) is 6.00. The van der Waals surface area contributed by atoms with Crippen LogP contribution in [0, 0.1) is 11.6 Å². The van der Waals surface area contributed by atoms with Gasteiger partial charge in [-0.1, -0.05) is 12.1 Å². The Morgan fingerprint density at radius 3 is 2.91 bits per heavy atom. The van der Waals surface area contributed by atoms with Crippen molar-refractivity contribution in [3.05, 3.63) is 53.7 Å². The van der Waals surface area contributed by atoms with Crippen LogP contribution in [0.2, 0.25) is 0 Å². The van der Waals surface area contributed by atoms with E-state index in [1.54, 1.807) is 12.3 Å². The Morgan fingerprint density at radius 2 is 2.09 bits per heavy atom. The summed E-state index contributed by atoms with van der Waals surface area (Å²) in [5.74, 6) is -1.69. The summed E-state index contributed by atoms with van der Waals surface area (Å²) in [5, 5.41) is 17.9. The summed E-state index contributed by atoms with van der Waals surface area (Å²) >= 11 is 0. The topological polar surface area (TPSA) is 124 Å². The van der Waals surface area contributed by atoms with E-state index in [1.807, 2.05) is 6.08 Å². The van der Waals surface area contributed by atoms with Crippen molar-refractivity contribution >= 4 is 17.2 Å². The molecule has 170 valence electrons. The maximum Gasteiger partial charge on any atom is 0.190 e. The molecule has 1 aromatic carbocycles. The molecule has 9 nitrogen and oxygen atoms in total. The van der Waals surface area contributed by atoms with Crippen LogP contribution in [-0.4, -0.2) is 56.1 Å². The van der Waals surface area contributed by atoms with Gasteiger partial charge >= 0.3 is 0 Å². The average Bonchev–Trinajstić information content (AvgIpc) is 3.53. The zero-order valence-corrected chi connectivity index (χ0v) is 17.6. The number of carbonyl (C=O) groups is 1. The van der Waals surface area contributed by atoms with Crippen LogP contribution in [0.5, 0.6) is 0 Å². The van der Waals surface area contributed by atoms with E-state index in [0.717, 1.165) is 41.3 Å². The number of benzene rings is 1. The van der Waals surface area contributed by atoms with Crippen LogP contribution in [0.25, 0.3) is 22.6 Å². The lowest BCUT2D eigenvalue weighted by Gasteiger charge is -2.24. The van der Waals surface area contributed by atoms with Crippen molar-refractivity contribution in [2.24, 2.45) is 0 Å². The summed E-state index contributed by atoms with van der Waals surface area (Å²) in [6.07, 6.45) is 6.06. The van der Waals surface area contributed by atoms with Gasteiger partial charge in [-0.05, 0) is 65.6 Å². The van der Waals surface area contributed by atoms with Gasteiger partial charge in [0.1, 0.15) is 11.5 Å². The molecule has 1 unspecified atom stereocenters. The first kappa shape index (κ1) is 21.3. The number of halogens is 2. The molecule has 0 radical (unpaired) electrons. The quantitative estimate of drug-likeness (QED) is 0.534. The van der Waals surface area contributed by atoms with Crippen LogP contribution >= 0.6 is 0 Å². The van der Waals surface area contributed by atoms with Gasteiger partial charge in [-0.25, -0.2) is 13.8 Å². The number of nitrogens with zero attached hydrogens (tertiary/aromatic N) is 5. The lowest BCUT2D eigenvalue weighted by Crippen LogP contribution is -2.46. The molecule has 1 saturated heterocycles. The largest absolute Gasteiger partial charge is 0.383 e. The maximum absolute atomic E-state index is 14.4. The minimum Gasteiger partial charge on any atom is -0.383 e. The number of nitrogen functional groups attached to an aromatic ring is 1. The third-order valence-electron chi connectivity index (χ3n) is 6.00. The summed E-state index contributed by atoms with van der Waals surface area (Å²) in [6.45, 7) is 1.49. The molecular formula is C22H22F2N8O. The minimum absolute atomic E-state index is 0.124. The lowest BCUT2D eigenvalue weighted by atomic mass is 9.93. The van der Waals surface area contributed by atoms with Gasteiger partial charge in [-0.3, -0.25) is 4.79 Å². The summed E-state index contributed by atoms with van der Waals surface area (Å²) < 4.78 is 29.2. The number of pyridine rings is 1. The molecule has 2 aliphatic heterocycles. The Kier molecular flexibility index (Phi) is 5.65. The first-order valence-electron chi connectivity index (χ1n) is 10.7. The first-order chi connectivity index (χ1) is 16.0. The van der Waals surface area contributed by atoms with Crippen molar-refractivity contribution in [1.29, 1.82) is 0 Å². The number of rotatable bonds is 5. The van der Waals surface area contributed by atoms with E-state index in [2.05, 4.69) is 31.1 Å². The monoisotopic (exact) mass is 452 g/mol. The number of aromatic nitrogens is 5. The standard InChI is InChI=1S/C22H22F2N8O/c23-15-3-1-5-18(19(15)24)32-22(29-30-31-32)14-9-13(11-28-21(14)25)12-6-8-27-17(10-12)20(33)16-4-2-7-26-16/h1,3,5,9-11,16-17,26-27H,2,4,6-8H2,(H2,25,28)/t16-,17?/m0/s1. The third kappa shape index (κ3) is 4.00. The van der Waals surface area contributed by atoms with Gasteiger partial charge in [0, 0.05) is 12.7 Å². The highest BCUT2D eigenvalue weighted by atomic mass is 19.2. The normalized spacial score (nSPS) is 20.6. The highest BCUT2D eigenvalue weighted by molar-refractivity contribution is 5.93. The molecule has 4 heterocycles. The van der Waals surface area contributed by atoms with Gasteiger partial charge in [-0.2, -0.15) is 4.68 Å². The van der Waals surface area contributed by atoms with E-state index in [4.69, 9.17) is 5.73 Å². The highest BCUT2D eigenvalue weighted by Crippen LogP contribution is 2.30. The molecule has 2 aliphatic rings. The summed E-state index contributed by atoms with van der Waals surface area (Å²) in [5.41, 5.74) is 8.03. The Morgan fingerprint density at radius 1 is 1.21 bits per heavy atom. The second kappa shape index (κ2) is 8.75. The molecule has 4 N–H and O–H groups in total. The van der Waals surface area contributed by atoms with E-state index in [1.165, 1.54) is 12.1 Å². The van der Waals surface area contributed by atoms with E-state index < -0.39 is 17.7 Å². The van der Waals surface area contributed by atoms with Crippen LogP contribution in [0.15, 0.2) is 36.5 Å². The fourth-order valence-electron chi connectivity index (χ4n) is 4.28. The first-order valence-corrected chi connectivity index (χ1v) is 10.7. The second-order valence-corrected chi connectivity index (χ2v) is 8.07. The Labute approximate surface area is 188 Å². The van der Waals surface area contributed by atoms with Crippen molar-refractivity contribution in [3.63, 3.8) is 0 Å². The molecule has 1 fully saturated rings. The van der Waals surface area contributed by atoms with E-state index in [9.17, 15) is 13.6 Å². The van der Waals surface area contributed by atoms with Crippen LogP contribution in [-0.2, 0) is 4.79 Å².